The minimum absolute atomic E-state index is 0.0946. The first-order valence-electron chi connectivity index (χ1n) is 7.66. The van der Waals surface area contributed by atoms with E-state index in [2.05, 4.69) is 10.9 Å². The van der Waals surface area contributed by atoms with Crippen LogP contribution in [0.4, 0.5) is 0 Å². The summed E-state index contributed by atoms with van der Waals surface area (Å²) >= 11 is 1.18. The smallest absolute Gasteiger partial charge is 0.305 e. The topological polar surface area (TPSA) is 109 Å². The summed E-state index contributed by atoms with van der Waals surface area (Å²) in [5.74, 6) is -1.15. The monoisotopic (exact) mass is 383 g/mol. The van der Waals surface area contributed by atoms with Crippen LogP contribution >= 0.6 is 11.3 Å². The number of carbonyl (C=O) groups is 2. The first kappa shape index (κ1) is 17.6. The predicted molar refractivity (Wildman–Crippen MR) is 90.1 cm³/mol. The van der Waals surface area contributed by atoms with Gasteiger partial charge in [0.05, 0.1) is 6.26 Å². The molecular formula is C15H17N3O5S2. The van der Waals surface area contributed by atoms with Crippen LogP contribution in [0.25, 0.3) is 0 Å². The number of furan rings is 1. The molecule has 0 unspecified atom stereocenters. The molecule has 1 aliphatic rings. The lowest BCUT2D eigenvalue weighted by molar-refractivity contribution is -0.126. The molecular weight excluding hydrogens is 366 g/mol. The molecule has 0 aromatic carbocycles. The SMILES string of the molecule is O=C(NNC(=O)C1CCN(S(=O)(=O)c2cccs2)CC1)c1ccco1. The molecule has 1 saturated heterocycles. The van der Waals surface area contributed by atoms with Gasteiger partial charge in [0.25, 0.3) is 10.0 Å². The summed E-state index contributed by atoms with van der Waals surface area (Å²) in [6, 6.07) is 6.32. The standard InChI is InChI=1S/C15H17N3O5S2/c19-14(16-17-15(20)12-3-1-9-23-12)11-5-7-18(8-6-11)25(21,22)13-4-2-10-24-13/h1-4,9-11H,5-8H2,(H,16,19)(H,17,20). The van der Waals surface area contributed by atoms with Gasteiger partial charge in [0, 0.05) is 19.0 Å². The van der Waals surface area contributed by atoms with Crippen molar-refractivity contribution in [3.05, 3.63) is 41.7 Å². The molecule has 1 fully saturated rings. The molecule has 25 heavy (non-hydrogen) atoms. The molecule has 10 heteroatoms. The molecule has 0 atom stereocenters. The van der Waals surface area contributed by atoms with E-state index in [0.717, 1.165) is 0 Å². The summed E-state index contributed by atoms with van der Waals surface area (Å²) in [5, 5.41) is 1.72. The van der Waals surface area contributed by atoms with Crippen molar-refractivity contribution in [2.45, 2.75) is 17.1 Å². The third kappa shape index (κ3) is 3.91. The maximum Gasteiger partial charge on any atom is 0.305 e. The number of nitrogens with zero attached hydrogens (tertiary/aromatic N) is 1. The lowest BCUT2D eigenvalue weighted by Crippen LogP contribution is -2.48. The van der Waals surface area contributed by atoms with Gasteiger partial charge in [-0.2, -0.15) is 4.31 Å². The molecule has 0 radical (unpaired) electrons. The van der Waals surface area contributed by atoms with Crippen LogP contribution in [0.5, 0.6) is 0 Å². The Morgan fingerprint density at radius 2 is 1.92 bits per heavy atom. The number of piperidine rings is 1. The Kier molecular flexibility index (Phi) is 5.21. The highest BCUT2D eigenvalue weighted by Crippen LogP contribution is 2.26. The van der Waals surface area contributed by atoms with Gasteiger partial charge in [-0.05, 0) is 36.4 Å². The fraction of sp³-hybridized carbons (Fsp3) is 0.333. The molecule has 134 valence electrons. The Morgan fingerprint density at radius 3 is 2.52 bits per heavy atom. The molecule has 2 N–H and O–H groups in total. The third-order valence-electron chi connectivity index (χ3n) is 3.96. The summed E-state index contributed by atoms with van der Waals surface area (Å²) in [6.45, 7) is 0.537. The summed E-state index contributed by atoms with van der Waals surface area (Å²) in [5.41, 5.74) is 4.64. The van der Waals surface area contributed by atoms with Gasteiger partial charge in [-0.3, -0.25) is 20.4 Å². The summed E-state index contributed by atoms with van der Waals surface area (Å²) in [4.78, 5) is 23.8. The van der Waals surface area contributed by atoms with Crippen molar-refractivity contribution < 1.29 is 22.4 Å². The highest BCUT2D eigenvalue weighted by Gasteiger charge is 2.32. The Balaban J connectivity index is 1.50. The average Bonchev–Trinajstić information content (AvgIpc) is 3.33. The third-order valence-corrected chi connectivity index (χ3v) is 7.23. The van der Waals surface area contributed by atoms with Crippen molar-refractivity contribution in [2.75, 3.05) is 13.1 Å². The van der Waals surface area contributed by atoms with E-state index < -0.39 is 15.9 Å². The van der Waals surface area contributed by atoms with Crippen molar-refractivity contribution in [2.24, 2.45) is 5.92 Å². The molecule has 8 nitrogen and oxygen atoms in total. The van der Waals surface area contributed by atoms with Gasteiger partial charge in [-0.25, -0.2) is 8.42 Å². The van der Waals surface area contributed by atoms with Gasteiger partial charge in [0.1, 0.15) is 4.21 Å². The van der Waals surface area contributed by atoms with E-state index in [-0.39, 0.29) is 30.7 Å². The fourth-order valence-corrected chi connectivity index (χ4v) is 5.20. The van der Waals surface area contributed by atoms with Crippen molar-refractivity contribution in [3.63, 3.8) is 0 Å². The van der Waals surface area contributed by atoms with Crippen LogP contribution in [-0.2, 0) is 14.8 Å². The average molecular weight is 383 g/mol. The van der Waals surface area contributed by atoms with Crippen molar-refractivity contribution >= 4 is 33.2 Å². The number of amides is 2. The summed E-state index contributed by atoms with van der Waals surface area (Å²) in [6.07, 6.45) is 2.15. The lowest BCUT2D eigenvalue weighted by Gasteiger charge is -2.30. The second kappa shape index (κ2) is 7.38. The van der Waals surface area contributed by atoms with Crippen molar-refractivity contribution in [1.29, 1.82) is 0 Å². The molecule has 2 aromatic heterocycles. The van der Waals surface area contributed by atoms with Crippen LogP contribution in [-0.4, -0.2) is 37.6 Å². The lowest BCUT2D eigenvalue weighted by atomic mass is 9.98. The maximum atomic E-state index is 12.4. The maximum absolute atomic E-state index is 12.4. The van der Waals surface area contributed by atoms with Gasteiger partial charge >= 0.3 is 5.91 Å². The molecule has 0 spiro atoms. The second-order valence-electron chi connectivity index (χ2n) is 5.53. The zero-order chi connectivity index (χ0) is 17.9. The fourth-order valence-electron chi connectivity index (χ4n) is 2.59. The van der Waals surface area contributed by atoms with Crippen molar-refractivity contribution in [3.8, 4) is 0 Å². The first-order chi connectivity index (χ1) is 12.0. The van der Waals surface area contributed by atoms with Crippen LogP contribution < -0.4 is 10.9 Å². The Labute approximate surface area is 148 Å². The normalized spacial score (nSPS) is 16.5. The Hall–Kier alpha value is -2.17. The quantitative estimate of drug-likeness (QED) is 0.771. The number of rotatable bonds is 4. The Morgan fingerprint density at radius 1 is 1.16 bits per heavy atom. The van der Waals surface area contributed by atoms with Crippen LogP contribution in [0.15, 0.2) is 44.5 Å². The highest BCUT2D eigenvalue weighted by atomic mass is 32.2. The number of sulfonamides is 1. The van der Waals surface area contributed by atoms with E-state index in [1.807, 2.05) is 0 Å². The molecule has 0 aliphatic carbocycles. The molecule has 0 bridgehead atoms. The molecule has 3 heterocycles. The van der Waals surface area contributed by atoms with Gasteiger partial charge in [-0.15, -0.1) is 11.3 Å². The molecule has 2 aromatic rings. The van der Waals surface area contributed by atoms with Gasteiger partial charge in [0.2, 0.25) is 5.91 Å². The van der Waals surface area contributed by atoms with E-state index in [1.165, 1.54) is 28.0 Å². The first-order valence-corrected chi connectivity index (χ1v) is 9.98. The van der Waals surface area contributed by atoms with Crippen LogP contribution in [0, 0.1) is 5.92 Å². The van der Waals surface area contributed by atoms with Gasteiger partial charge in [0.15, 0.2) is 5.76 Å². The zero-order valence-corrected chi connectivity index (χ0v) is 14.8. The number of hydrazine groups is 1. The number of carbonyl (C=O) groups excluding carboxylic acids is 2. The van der Waals surface area contributed by atoms with Gasteiger partial charge in [-0.1, -0.05) is 6.07 Å². The molecule has 0 saturated carbocycles. The summed E-state index contributed by atoms with van der Waals surface area (Å²) < 4.78 is 31.5. The summed E-state index contributed by atoms with van der Waals surface area (Å²) in [7, 11) is -3.49. The zero-order valence-electron chi connectivity index (χ0n) is 13.2. The number of hydrogen-bond donors (Lipinski definition) is 2. The van der Waals surface area contributed by atoms with Crippen molar-refractivity contribution in [1.82, 2.24) is 15.2 Å². The second-order valence-corrected chi connectivity index (χ2v) is 8.64. The number of nitrogens with one attached hydrogen (secondary N) is 2. The van der Waals surface area contributed by atoms with E-state index in [1.54, 1.807) is 23.6 Å². The Bertz CT molecular complexity index is 823. The largest absolute Gasteiger partial charge is 0.459 e. The molecule has 3 rings (SSSR count). The van der Waals surface area contributed by atoms with Crippen LogP contribution in [0.2, 0.25) is 0 Å². The van der Waals surface area contributed by atoms with E-state index >= 15 is 0 Å². The predicted octanol–water partition coefficient (Wildman–Crippen LogP) is 1.20. The molecule has 1 aliphatic heterocycles. The number of thiophene rings is 1. The van der Waals surface area contributed by atoms with Gasteiger partial charge < -0.3 is 4.42 Å². The van der Waals surface area contributed by atoms with E-state index in [0.29, 0.717) is 17.1 Å². The van der Waals surface area contributed by atoms with E-state index in [9.17, 15) is 18.0 Å². The van der Waals surface area contributed by atoms with Crippen LogP contribution in [0.3, 0.4) is 0 Å². The molecule has 2 amide bonds. The minimum Gasteiger partial charge on any atom is -0.459 e. The highest BCUT2D eigenvalue weighted by molar-refractivity contribution is 7.91. The van der Waals surface area contributed by atoms with E-state index in [4.69, 9.17) is 4.42 Å². The number of hydrogen-bond acceptors (Lipinski definition) is 6. The minimum atomic E-state index is -3.49. The van der Waals surface area contributed by atoms with Crippen LogP contribution in [0.1, 0.15) is 23.4 Å².